The summed E-state index contributed by atoms with van der Waals surface area (Å²) in [5.74, 6) is 0. The Morgan fingerprint density at radius 3 is 2.64 bits per heavy atom. The van der Waals surface area contributed by atoms with Crippen molar-refractivity contribution >= 4 is 23.2 Å². The standard InChI is InChI=1S/C7H11Cl2NO/c8-7(9)1-2-10-5-3-6(11)4-5/h1,5-6,10-11H,2-4H2. The third-order valence-electron chi connectivity index (χ3n) is 1.78. The van der Waals surface area contributed by atoms with E-state index in [-0.39, 0.29) is 10.6 Å². The molecule has 0 bridgehead atoms. The molecule has 0 spiro atoms. The highest BCUT2D eigenvalue weighted by atomic mass is 35.5. The van der Waals surface area contributed by atoms with E-state index in [0.717, 1.165) is 12.8 Å². The number of aliphatic hydroxyl groups excluding tert-OH is 1. The lowest BCUT2D eigenvalue weighted by atomic mass is 9.90. The molecule has 0 radical (unpaired) electrons. The van der Waals surface area contributed by atoms with Crippen molar-refractivity contribution in [2.24, 2.45) is 0 Å². The van der Waals surface area contributed by atoms with Crippen molar-refractivity contribution in [1.82, 2.24) is 5.32 Å². The maximum absolute atomic E-state index is 8.92. The number of nitrogens with one attached hydrogen (secondary N) is 1. The summed E-state index contributed by atoms with van der Waals surface area (Å²) in [5.41, 5.74) is 0. The van der Waals surface area contributed by atoms with E-state index in [1.807, 2.05) is 0 Å². The Labute approximate surface area is 76.2 Å². The second-order valence-electron chi connectivity index (χ2n) is 2.72. The lowest BCUT2D eigenvalue weighted by molar-refractivity contribution is 0.0641. The molecule has 1 rings (SSSR count). The van der Waals surface area contributed by atoms with Crippen molar-refractivity contribution in [3.63, 3.8) is 0 Å². The predicted molar refractivity (Wildman–Crippen MR) is 46.8 cm³/mol. The maximum Gasteiger partial charge on any atom is 0.104 e. The van der Waals surface area contributed by atoms with Crippen LogP contribution in [-0.2, 0) is 0 Å². The van der Waals surface area contributed by atoms with E-state index < -0.39 is 0 Å². The second-order valence-corrected chi connectivity index (χ2v) is 3.73. The summed E-state index contributed by atoms with van der Waals surface area (Å²) in [5, 5.41) is 12.1. The summed E-state index contributed by atoms with van der Waals surface area (Å²) in [6.45, 7) is 0.680. The molecule has 1 saturated carbocycles. The van der Waals surface area contributed by atoms with Crippen LogP contribution in [-0.4, -0.2) is 23.8 Å². The van der Waals surface area contributed by atoms with Crippen LogP contribution in [0.3, 0.4) is 0 Å². The Bertz CT molecular complexity index is 151. The molecule has 4 heteroatoms. The zero-order chi connectivity index (χ0) is 8.27. The van der Waals surface area contributed by atoms with Crippen molar-refractivity contribution in [1.29, 1.82) is 0 Å². The first-order chi connectivity index (χ1) is 5.18. The van der Waals surface area contributed by atoms with Crippen LogP contribution >= 0.6 is 23.2 Å². The molecule has 1 fully saturated rings. The highest BCUT2D eigenvalue weighted by molar-refractivity contribution is 6.55. The summed E-state index contributed by atoms with van der Waals surface area (Å²) < 4.78 is 0.289. The number of hydrogen-bond acceptors (Lipinski definition) is 2. The molecule has 1 aliphatic carbocycles. The van der Waals surface area contributed by atoms with Gasteiger partial charge in [0.2, 0.25) is 0 Å². The Morgan fingerprint density at radius 1 is 1.55 bits per heavy atom. The minimum atomic E-state index is -0.108. The van der Waals surface area contributed by atoms with Gasteiger partial charge in [0.15, 0.2) is 0 Å². The van der Waals surface area contributed by atoms with Gasteiger partial charge in [0.1, 0.15) is 4.49 Å². The molecule has 0 aliphatic heterocycles. The summed E-state index contributed by atoms with van der Waals surface area (Å²) in [6, 6.07) is 0.439. The summed E-state index contributed by atoms with van der Waals surface area (Å²) in [7, 11) is 0. The van der Waals surface area contributed by atoms with Crippen LogP contribution in [0.5, 0.6) is 0 Å². The Hall–Kier alpha value is 0.240. The number of rotatable bonds is 3. The fraction of sp³-hybridized carbons (Fsp3) is 0.714. The van der Waals surface area contributed by atoms with E-state index in [1.165, 1.54) is 0 Å². The van der Waals surface area contributed by atoms with Gasteiger partial charge in [-0.05, 0) is 18.9 Å². The van der Waals surface area contributed by atoms with Crippen molar-refractivity contribution in [3.8, 4) is 0 Å². The van der Waals surface area contributed by atoms with Gasteiger partial charge in [0.25, 0.3) is 0 Å². The molecule has 64 valence electrons. The van der Waals surface area contributed by atoms with Crippen LogP contribution in [0.2, 0.25) is 0 Å². The van der Waals surface area contributed by atoms with Gasteiger partial charge in [-0.2, -0.15) is 0 Å². The maximum atomic E-state index is 8.92. The third kappa shape index (κ3) is 3.43. The number of aliphatic hydroxyl groups is 1. The molecule has 0 saturated heterocycles. The lowest BCUT2D eigenvalue weighted by Gasteiger charge is -2.31. The average molecular weight is 196 g/mol. The van der Waals surface area contributed by atoms with Crippen LogP contribution < -0.4 is 5.32 Å². The average Bonchev–Trinajstić information content (AvgIpc) is 1.83. The fourth-order valence-electron chi connectivity index (χ4n) is 1.06. The summed E-state index contributed by atoms with van der Waals surface area (Å²) in [4.78, 5) is 0. The van der Waals surface area contributed by atoms with Crippen LogP contribution in [0.4, 0.5) is 0 Å². The molecular weight excluding hydrogens is 185 g/mol. The number of hydrogen-bond donors (Lipinski definition) is 2. The highest BCUT2D eigenvalue weighted by Gasteiger charge is 2.25. The SMILES string of the molecule is OC1CC(NCC=C(Cl)Cl)C1. The smallest absolute Gasteiger partial charge is 0.104 e. The quantitative estimate of drug-likeness (QED) is 0.715. The van der Waals surface area contributed by atoms with Crippen molar-refractivity contribution in [2.75, 3.05) is 6.54 Å². The normalized spacial score (nSPS) is 29.4. The molecule has 0 unspecified atom stereocenters. The molecule has 0 heterocycles. The first-order valence-corrected chi connectivity index (χ1v) is 4.36. The molecule has 1 aliphatic rings. The van der Waals surface area contributed by atoms with E-state index in [2.05, 4.69) is 5.32 Å². The highest BCUT2D eigenvalue weighted by Crippen LogP contribution is 2.19. The van der Waals surface area contributed by atoms with E-state index in [4.69, 9.17) is 28.3 Å². The monoisotopic (exact) mass is 195 g/mol. The van der Waals surface area contributed by atoms with Gasteiger partial charge in [-0.15, -0.1) is 0 Å². The van der Waals surface area contributed by atoms with E-state index in [1.54, 1.807) is 6.08 Å². The van der Waals surface area contributed by atoms with Crippen molar-refractivity contribution in [2.45, 2.75) is 25.0 Å². The van der Waals surface area contributed by atoms with Gasteiger partial charge < -0.3 is 10.4 Å². The molecule has 0 aromatic carbocycles. The van der Waals surface area contributed by atoms with Gasteiger partial charge in [0.05, 0.1) is 6.10 Å². The van der Waals surface area contributed by atoms with Gasteiger partial charge in [-0.3, -0.25) is 0 Å². The fourth-order valence-corrected chi connectivity index (χ4v) is 1.21. The van der Waals surface area contributed by atoms with E-state index in [0.29, 0.717) is 12.6 Å². The molecule has 0 amide bonds. The van der Waals surface area contributed by atoms with Gasteiger partial charge in [-0.1, -0.05) is 23.2 Å². The zero-order valence-corrected chi connectivity index (χ0v) is 7.57. The van der Waals surface area contributed by atoms with Crippen LogP contribution in [0.25, 0.3) is 0 Å². The second kappa shape index (κ2) is 4.31. The lowest BCUT2D eigenvalue weighted by Crippen LogP contribution is -2.44. The Morgan fingerprint density at radius 2 is 2.18 bits per heavy atom. The molecule has 2 N–H and O–H groups in total. The van der Waals surface area contributed by atoms with E-state index >= 15 is 0 Å². The molecule has 0 aromatic rings. The van der Waals surface area contributed by atoms with Crippen LogP contribution in [0.15, 0.2) is 10.6 Å². The van der Waals surface area contributed by atoms with Gasteiger partial charge in [-0.25, -0.2) is 0 Å². The topological polar surface area (TPSA) is 32.3 Å². The van der Waals surface area contributed by atoms with Crippen LogP contribution in [0.1, 0.15) is 12.8 Å². The Kier molecular flexibility index (Phi) is 3.66. The zero-order valence-electron chi connectivity index (χ0n) is 6.06. The largest absolute Gasteiger partial charge is 0.393 e. The third-order valence-corrected chi connectivity index (χ3v) is 2.08. The van der Waals surface area contributed by atoms with E-state index in [9.17, 15) is 0 Å². The minimum Gasteiger partial charge on any atom is -0.393 e. The van der Waals surface area contributed by atoms with Crippen molar-refractivity contribution in [3.05, 3.63) is 10.6 Å². The van der Waals surface area contributed by atoms with Crippen LogP contribution in [0, 0.1) is 0 Å². The summed E-state index contributed by atoms with van der Waals surface area (Å²) >= 11 is 10.8. The molecule has 2 nitrogen and oxygen atoms in total. The van der Waals surface area contributed by atoms with Gasteiger partial charge >= 0.3 is 0 Å². The minimum absolute atomic E-state index is 0.108. The van der Waals surface area contributed by atoms with Crippen molar-refractivity contribution < 1.29 is 5.11 Å². The first kappa shape index (κ1) is 9.33. The molecule has 0 aromatic heterocycles. The molecule has 0 atom stereocenters. The number of halogens is 2. The molecular formula is C7H11Cl2NO. The molecule has 11 heavy (non-hydrogen) atoms. The summed E-state index contributed by atoms with van der Waals surface area (Å²) in [6.07, 6.45) is 3.28. The predicted octanol–water partition coefficient (Wildman–Crippen LogP) is 1.42. The first-order valence-electron chi connectivity index (χ1n) is 3.61. The Balaban J connectivity index is 2.01. The van der Waals surface area contributed by atoms with Gasteiger partial charge in [0, 0.05) is 12.6 Å².